The third-order valence-corrected chi connectivity index (χ3v) is 4.90. The summed E-state index contributed by atoms with van der Waals surface area (Å²) in [5.41, 5.74) is 2.37. The average Bonchev–Trinajstić information content (AvgIpc) is 3.28. The van der Waals surface area contributed by atoms with Crippen molar-refractivity contribution in [3.8, 4) is 5.75 Å². The van der Waals surface area contributed by atoms with Crippen molar-refractivity contribution in [3.63, 3.8) is 0 Å². The number of nitrogens with zero attached hydrogens (tertiary/aromatic N) is 4. The van der Waals surface area contributed by atoms with E-state index in [1.54, 1.807) is 19.1 Å². The van der Waals surface area contributed by atoms with Gasteiger partial charge in [0.2, 0.25) is 6.10 Å². The second-order valence-electron chi connectivity index (χ2n) is 6.01. The van der Waals surface area contributed by atoms with Crippen molar-refractivity contribution >= 4 is 27.5 Å². The van der Waals surface area contributed by atoms with E-state index in [-0.39, 0.29) is 5.91 Å². The molecule has 0 spiro atoms. The maximum absolute atomic E-state index is 12.7. The maximum Gasteiger partial charge on any atom is 0.267 e. The van der Waals surface area contributed by atoms with E-state index >= 15 is 0 Å². The number of ether oxygens (including phenoxy) is 1. The molecule has 3 rings (SSSR count). The van der Waals surface area contributed by atoms with Crippen LogP contribution in [0, 0.1) is 0 Å². The highest BCUT2D eigenvalue weighted by Gasteiger charge is 2.32. The van der Waals surface area contributed by atoms with Crippen molar-refractivity contribution in [2.24, 2.45) is 5.16 Å². The SMILES string of the molecule is CCn1cc(Br)c(CN(C)C(=O)C2CC(c3ccccc3OC)=NO2)n1. The molecule has 1 amide bonds. The standard InChI is InChI=1S/C18H21BrN4O3/c1-4-23-10-13(19)15(20-23)11-22(2)18(24)17-9-14(21-26-17)12-7-5-6-8-16(12)25-3/h5-8,10,17H,4,9,11H2,1-3H3. The van der Waals surface area contributed by atoms with Crippen LogP contribution < -0.4 is 4.74 Å². The van der Waals surface area contributed by atoms with Gasteiger partial charge in [-0.2, -0.15) is 5.10 Å². The molecule has 7 nitrogen and oxygen atoms in total. The summed E-state index contributed by atoms with van der Waals surface area (Å²) in [5, 5.41) is 8.55. The van der Waals surface area contributed by atoms with E-state index in [4.69, 9.17) is 9.57 Å². The van der Waals surface area contributed by atoms with Crippen LogP contribution in [0.1, 0.15) is 24.6 Å². The molecule has 1 aromatic heterocycles. The molecule has 138 valence electrons. The van der Waals surface area contributed by atoms with Gasteiger partial charge >= 0.3 is 0 Å². The Morgan fingerprint density at radius 1 is 1.46 bits per heavy atom. The normalized spacial score (nSPS) is 16.2. The van der Waals surface area contributed by atoms with Crippen molar-refractivity contribution in [3.05, 3.63) is 46.2 Å². The smallest absolute Gasteiger partial charge is 0.267 e. The van der Waals surface area contributed by atoms with E-state index in [9.17, 15) is 4.79 Å². The number of carbonyl (C=O) groups excluding carboxylic acids is 1. The zero-order valence-electron chi connectivity index (χ0n) is 15.0. The van der Waals surface area contributed by atoms with Gasteiger partial charge in [0, 0.05) is 31.8 Å². The molecule has 0 saturated heterocycles. The zero-order chi connectivity index (χ0) is 18.7. The van der Waals surface area contributed by atoms with E-state index in [2.05, 4.69) is 26.2 Å². The number of amides is 1. The van der Waals surface area contributed by atoms with Gasteiger partial charge in [-0.3, -0.25) is 9.48 Å². The third-order valence-electron chi connectivity index (χ3n) is 4.24. The second-order valence-corrected chi connectivity index (χ2v) is 6.86. The highest BCUT2D eigenvalue weighted by molar-refractivity contribution is 9.10. The van der Waals surface area contributed by atoms with Crippen LogP contribution in [-0.4, -0.2) is 46.6 Å². The van der Waals surface area contributed by atoms with Gasteiger partial charge in [0.25, 0.3) is 5.91 Å². The molecule has 0 bridgehead atoms. The van der Waals surface area contributed by atoms with E-state index in [1.807, 2.05) is 42.1 Å². The molecule has 8 heteroatoms. The van der Waals surface area contributed by atoms with Crippen molar-refractivity contribution in [1.29, 1.82) is 0 Å². The van der Waals surface area contributed by atoms with Gasteiger partial charge in [0.05, 0.1) is 29.5 Å². The number of para-hydroxylation sites is 1. The Kier molecular flexibility index (Phi) is 5.61. The number of aromatic nitrogens is 2. The number of hydrogen-bond donors (Lipinski definition) is 0. The van der Waals surface area contributed by atoms with E-state index in [0.717, 1.165) is 22.3 Å². The van der Waals surface area contributed by atoms with Gasteiger partial charge in [0.1, 0.15) is 5.75 Å². The predicted octanol–water partition coefficient (Wildman–Crippen LogP) is 2.83. The molecule has 1 atom stereocenters. The molecule has 0 N–H and O–H groups in total. The molecule has 1 aliphatic heterocycles. The minimum atomic E-state index is -0.632. The fourth-order valence-electron chi connectivity index (χ4n) is 2.81. The van der Waals surface area contributed by atoms with Gasteiger partial charge in [-0.25, -0.2) is 0 Å². The van der Waals surface area contributed by atoms with Gasteiger partial charge < -0.3 is 14.5 Å². The Morgan fingerprint density at radius 3 is 2.92 bits per heavy atom. The van der Waals surface area contributed by atoms with Crippen molar-refractivity contribution in [2.75, 3.05) is 14.2 Å². The first-order chi connectivity index (χ1) is 12.5. The summed E-state index contributed by atoms with van der Waals surface area (Å²) >= 11 is 3.49. The lowest BCUT2D eigenvalue weighted by atomic mass is 10.0. The topological polar surface area (TPSA) is 69.0 Å². The van der Waals surface area contributed by atoms with Crippen molar-refractivity contribution < 1.29 is 14.4 Å². The number of methoxy groups -OCH3 is 1. The first-order valence-electron chi connectivity index (χ1n) is 8.36. The molecule has 1 aromatic carbocycles. The molecule has 0 aliphatic carbocycles. The Labute approximate surface area is 160 Å². The van der Waals surface area contributed by atoms with Crippen LogP contribution >= 0.6 is 15.9 Å². The Bertz CT molecular complexity index is 834. The van der Waals surface area contributed by atoms with Gasteiger partial charge in [-0.05, 0) is 35.0 Å². The fourth-order valence-corrected chi connectivity index (χ4v) is 3.25. The fraction of sp³-hybridized carbons (Fsp3) is 0.389. The summed E-state index contributed by atoms with van der Waals surface area (Å²) in [5.74, 6) is 0.585. The van der Waals surface area contributed by atoms with Gasteiger partial charge in [0.15, 0.2) is 0 Å². The number of halogens is 1. The molecule has 0 fully saturated rings. The van der Waals surface area contributed by atoms with Crippen LogP contribution in [0.2, 0.25) is 0 Å². The molecule has 26 heavy (non-hydrogen) atoms. The monoisotopic (exact) mass is 420 g/mol. The highest BCUT2D eigenvalue weighted by Crippen LogP contribution is 2.25. The molecule has 1 aliphatic rings. The van der Waals surface area contributed by atoms with Gasteiger partial charge in [-0.1, -0.05) is 17.3 Å². The molecule has 0 saturated carbocycles. The van der Waals surface area contributed by atoms with Crippen LogP contribution in [0.3, 0.4) is 0 Å². The summed E-state index contributed by atoms with van der Waals surface area (Å²) in [6, 6.07) is 7.57. The Balaban J connectivity index is 1.65. The largest absolute Gasteiger partial charge is 0.496 e. The minimum absolute atomic E-state index is 0.128. The lowest BCUT2D eigenvalue weighted by molar-refractivity contribution is -0.141. The summed E-state index contributed by atoms with van der Waals surface area (Å²) in [4.78, 5) is 19.7. The summed E-state index contributed by atoms with van der Waals surface area (Å²) in [6.07, 6.45) is 1.68. The lowest BCUT2D eigenvalue weighted by Gasteiger charge is -2.19. The van der Waals surface area contributed by atoms with Crippen LogP contribution in [0.5, 0.6) is 5.75 Å². The third kappa shape index (κ3) is 3.75. The average molecular weight is 421 g/mol. The number of oxime groups is 1. The zero-order valence-corrected chi connectivity index (χ0v) is 16.6. The van der Waals surface area contributed by atoms with E-state index in [1.165, 1.54) is 0 Å². The maximum atomic E-state index is 12.7. The minimum Gasteiger partial charge on any atom is -0.496 e. The van der Waals surface area contributed by atoms with E-state index in [0.29, 0.717) is 24.4 Å². The van der Waals surface area contributed by atoms with Crippen molar-refractivity contribution in [2.45, 2.75) is 32.5 Å². The number of benzene rings is 1. The number of carbonyl (C=O) groups is 1. The van der Waals surface area contributed by atoms with E-state index < -0.39 is 6.10 Å². The molecule has 1 unspecified atom stereocenters. The lowest BCUT2D eigenvalue weighted by Crippen LogP contribution is -2.36. The highest BCUT2D eigenvalue weighted by atomic mass is 79.9. The molecular formula is C18H21BrN4O3. The van der Waals surface area contributed by atoms with Gasteiger partial charge in [-0.15, -0.1) is 0 Å². The number of likely N-dealkylation sites (N-methyl/N-ethyl adjacent to an activating group) is 1. The van der Waals surface area contributed by atoms with Crippen molar-refractivity contribution in [1.82, 2.24) is 14.7 Å². The first kappa shape index (κ1) is 18.4. The quantitative estimate of drug-likeness (QED) is 0.720. The summed E-state index contributed by atoms with van der Waals surface area (Å²) in [6.45, 7) is 3.19. The second kappa shape index (κ2) is 7.90. The van der Waals surface area contributed by atoms with Crippen LogP contribution in [0.15, 0.2) is 40.1 Å². The molecular weight excluding hydrogens is 400 g/mol. The van der Waals surface area contributed by atoms with Crippen LogP contribution in [-0.2, 0) is 22.7 Å². The predicted molar refractivity (Wildman–Crippen MR) is 101 cm³/mol. The number of rotatable bonds is 6. The molecule has 0 radical (unpaired) electrons. The first-order valence-corrected chi connectivity index (χ1v) is 9.15. The Morgan fingerprint density at radius 2 is 2.23 bits per heavy atom. The van der Waals surface area contributed by atoms with Crippen LogP contribution in [0.4, 0.5) is 0 Å². The number of hydrogen-bond acceptors (Lipinski definition) is 5. The Hall–Kier alpha value is -2.35. The molecule has 2 heterocycles. The summed E-state index contributed by atoms with van der Waals surface area (Å²) in [7, 11) is 3.35. The molecule has 2 aromatic rings. The summed E-state index contributed by atoms with van der Waals surface area (Å²) < 4.78 is 8.07. The number of aryl methyl sites for hydroxylation is 1. The van der Waals surface area contributed by atoms with Crippen LogP contribution in [0.25, 0.3) is 0 Å².